The predicted molar refractivity (Wildman–Crippen MR) is 73.7 cm³/mol. The monoisotopic (exact) mass is 260 g/mol. The van der Waals surface area contributed by atoms with Gasteiger partial charge in [0, 0.05) is 25.2 Å². The number of anilines is 1. The van der Waals surface area contributed by atoms with E-state index in [0.717, 1.165) is 43.0 Å². The van der Waals surface area contributed by atoms with E-state index in [1.54, 1.807) is 0 Å². The van der Waals surface area contributed by atoms with E-state index in [1.165, 1.54) is 19.3 Å². The van der Waals surface area contributed by atoms with Gasteiger partial charge in [0.2, 0.25) is 0 Å². The summed E-state index contributed by atoms with van der Waals surface area (Å²) in [5.41, 5.74) is 2.91. The molecule has 4 heteroatoms. The molecule has 3 heterocycles. The summed E-state index contributed by atoms with van der Waals surface area (Å²) in [6.07, 6.45) is 5.36. The van der Waals surface area contributed by atoms with Crippen LogP contribution in [0.25, 0.3) is 0 Å². The van der Waals surface area contributed by atoms with Crippen molar-refractivity contribution in [3.05, 3.63) is 22.9 Å². The molecule has 0 saturated carbocycles. The number of carbonyl (C=O) groups excluding carboxylic acids is 1. The molecule has 2 aliphatic heterocycles. The first-order chi connectivity index (χ1) is 9.29. The van der Waals surface area contributed by atoms with Gasteiger partial charge in [0.25, 0.3) is 0 Å². The molecule has 0 amide bonds. The molecule has 0 aromatic carbocycles. The van der Waals surface area contributed by atoms with Crippen LogP contribution in [-0.4, -0.2) is 30.6 Å². The van der Waals surface area contributed by atoms with Crippen LogP contribution in [0, 0.1) is 0 Å². The van der Waals surface area contributed by atoms with Gasteiger partial charge in [-0.25, -0.2) is 9.78 Å². The second-order valence-corrected chi connectivity index (χ2v) is 5.26. The molecule has 0 spiro atoms. The first kappa shape index (κ1) is 12.5. The number of esters is 1. The second kappa shape index (κ2) is 5.19. The molecule has 19 heavy (non-hydrogen) atoms. The van der Waals surface area contributed by atoms with Gasteiger partial charge in [0.15, 0.2) is 0 Å². The Balaban J connectivity index is 2.07. The average Bonchev–Trinajstić information content (AvgIpc) is 2.47. The highest BCUT2D eigenvalue weighted by Crippen LogP contribution is 2.29. The fraction of sp³-hybridized carbons (Fsp3) is 0.600. The molecule has 0 N–H and O–H groups in total. The standard InChI is InChI=1S/C15H20N2O2/c1-2-12-10-11-6-9-19-15(18)13(11)14(16-12)17-7-4-3-5-8-17/h10H,2-9H2,1H3. The van der Waals surface area contributed by atoms with Crippen molar-refractivity contribution in [2.45, 2.75) is 39.0 Å². The van der Waals surface area contributed by atoms with Crippen LogP contribution in [-0.2, 0) is 17.6 Å². The molecule has 0 radical (unpaired) electrons. The van der Waals surface area contributed by atoms with Crippen molar-refractivity contribution < 1.29 is 9.53 Å². The zero-order valence-corrected chi connectivity index (χ0v) is 11.4. The Morgan fingerprint density at radius 3 is 2.84 bits per heavy atom. The van der Waals surface area contributed by atoms with Crippen LogP contribution in [0.4, 0.5) is 5.82 Å². The maximum absolute atomic E-state index is 12.1. The third-order valence-corrected chi connectivity index (χ3v) is 3.96. The van der Waals surface area contributed by atoms with Gasteiger partial charge < -0.3 is 9.64 Å². The van der Waals surface area contributed by atoms with Crippen LogP contribution in [0.3, 0.4) is 0 Å². The van der Waals surface area contributed by atoms with Gasteiger partial charge in [-0.2, -0.15) is 0 Å². The smallest absolute Gasteiger partial charge is 0.342 e. The fourth-order valence-corrected chi connectivity index (χ4v) is 2.90. The Bertz CT molecular complexity index is 493. The van der Waals surface area contributed by atoms with E-state index in [0.29, 0.717) is 12.2 Å². The van der Waals surface area contributed by atoms with E-state index in [-0.39, 0.29) is 5.97 Å². The highest BCUT2D eigenvalue weighted by molar-refractivity contribution is 5.97. The van der Waals surface area contributed by atoms with E-state index in [1.807, 2.05) is 0 Å². The van der Waals surface area contributed by atoms with Crippen molar-refractivity contribution in [2.75, 3.05) is 24.6 Å². The van der Waals surface area contributed by atoms with E-state index >= 15 is 0 Å². The largest absolute Gasteiger partial charge is 0.462 e. The molecule has 0 bridgehead atoms. The summed E-state index contributed by atoms with van der Waals surface area (Å²) in [7, 11) is 0. The number of cyclic esters (lactones) is 1. The van der Waals surface area contributed by atoms with Gasteiger partial charge in [-0.3, -0.25) is 0 Å². The third-order valence-electron chi connectivity index (χ3n) is 3.96. The zero-order chi connectivity index (χ0) is 13.2. The van der Waals surface area contributed by atoms with Crippen LogP contribution in [0.2, 0.25) is 0 Å². The van der Waals surface area contributed by atoms with Gasteiger partial charge >= 0.3 is 5.97 Å². The fourth-order valence-electron chi connectivity index (χ4n) is 2.90. The Morgan fingerprint density at radius 1 is 1.32 bits per heavy atom. The highest BCUT2D eigenvalue weighted by Gasteiger charge is 2.27. The Morgan fingerprint density at radius 2 is 2.11 bits per heavy atom. The molecule has 1 saturated heterocycles. The van der Waals surface area contributed by atoms with Gasteiger partial charge in [0.05, 0.1) is 6.61 Å². The molecule has 1 aromatic rings. The lowest BCUT2D eigenvalue weighted by Gasteiger charge is -2.31. The first-order valence-corrected chi connectivity index (χ1v) is 7.24. The lowest BCUT2D eigenvalue weighted by Crippen LogP contribution is -2.33. The van der Waals surface area contributed by atoms with E-state index in [2.05, 4.69) is 17.9 Å². The van der Waals surface area contributed by atoms with E-state index < -0.39 is 0 Å². The Labute approximate surface area is 113 Å². The molecule has 1 fully saturated rings. The van der Waals surface area contributed by atoms with Crippen molar-refractivity contribution in [1.29, 1.82) is 0 Å². The van der Waals surface area contributed by atoms with Crippen LogP contribution in [0.1, 0.15) is 47.8 Å². The molecule has 4 nitrogen and oxygen atoms in total. The number of hydrogen-bond acceptors (Lipinski definition) is 4. The van der Waals surface area contributed by atoms with Gasteiger partial charge in [0.1, 0.15) is 11.4 Å². The SMILES string of the molecule is CCc1cc2c(c(N3CCCCC3)n1)C(=O)OCC2. The van der Waals surface area contributed by atoms with Crippen molar-refractivity contribution in [3.8, 4) is 0 Å². The Hall–Kier alpha value is -1.58. The molecule has 102 valence electrons. The molecule has 0 unspecified atom stereocenters. The number of carbonyl (C=O) groups is 1. The molecular weight excluding hydrogens is 240 g/mol. The number of hydrogen-bond donors (Lipinski definition) is 0. The van der Waals surface area contributed by atoms with Crippen LogP contribution >= 0.6 is 0 Å². The number of aromatic nitrogens is 1. The third kappa shape index (κ3) is 2.31. The van der Waals surface area contributed by atoms with Crippen LogP contribution in [0.15, 0.2) is 6.07 Å². The normalized spacial score (nSPS) is 19.0. The average molecular weight is 260 g/mol. The first-order valence-electron chi connectivity index (χ1n) is 7.24. The van der Waals surface area contributed by atoms with Crippen molar-refractivity contribution >= 4 is 11.8 Å². The maximum Gasteiger partial charge on any atom is 0.342 e. The van der Waals surface area contributed by atoms with E-state index in [4.69, 9.17) is 9.72 Å². The van der Waals surface area contributed by atoms with Gasteiger partial charge in [-0.1, -0.05) is 6.92 Å². The lowest BCUT2D eigenvalue weighted by atomic mass is 10.0. The minimum Gasteiger partial charge on any atom is -0.462 e. The van der Waals surface area contributed by atoms with Crippen molar-refractivity contribution in [1.82, 2.24) is 4.98 Å². The minimum atomic E-state index is -0.197. The molecular formula is C15H20N2O2. The number of aryl methyl sites for hydroxylation is 1. The number of rotatable bonds is 2. The van der Waals surface area contributed by atoms with E-state index in [9.17, 15) is 4.79 Å². The number of pyridine rings is 1. The topological polar surface area (TPSA) is 42.4 Å². The molecule has 0 aliphatic carbocycles. The molecule has 3 rings (SSSR count). The summed E-state index contributed by atoms with van der Waals surface area (Å²) in [4.78, 5) is 19.0. The quantitative estimate of drug-likeness (QED) is 0.765. The summed E-state index contributed by atoms with van der Waals surface area (Å²) in [5, 5.41) is 0. The van der Waals surface area contributed by atoms with Crippen molar-refractivity contribution in [3.63, 3.8) is 0 Å². The minimum absolute atomic E-state index is 0.197. The van der Waals surface area contributed by atoms with Crippen LogP contribution in [0.5, 0.6) is 0 Å². The lowest BCUT2D eigenvalue weighted by molar-refractivity contribution is 0.0480. The summed E-state index contributed by atoms with van der Waals surface area (Å²) in [6, 6.07) is 2.07. The highest BCUT2D eigenvalue weighted by atomic mass is 16.5. The van der Waals surface area contributed by atoms with Gasteiger partial charge in [-0.15, -0.1) is 0 Å². The Kier molecular flexibility index (Phi) is 3.40. The molecule has 2 aliphatic rings. The number of nitrogens with zero attached hydrogens (tertiary/aromatic N) is 2. The predicted octanol–water partition coefficient (Wildman–Crippen LogP) is 2.35. The molecule has 1 aromatic heterocycles. The van der Waals surface area contributed by atoms with Crippen molar-refractivity contribution in [2.24, 2.45) is 0 Å². The second-order valence-electron chi connectivity index (χ2n) is 5.26. The number of ether oxygens (including phenoxy) is 1. The summed E-state index contributed by atoms with van der Waals surface area (Å²) < 4.78 is 5.20. The summed E-state index contributed by atoms with van der Waals surface area (Å²) in [6.45, 7) is 4.61. The summed E-state index contributed by atoms with van der Waals surface area (Å²) >= 11 is 0. The molecule has 0 atom stereocenters. The number of piperidine rings is 1. The van der Waals surface area contributed by atoms with Gasteiger partial charge in [-0.05, 0) is 37.3 Å². The zero-order valence-electron chi connectivity index (χ0n) is 11.4. The van der Waals surface area contributed by atoms with Crippen LogP contribution < -0.4 is 4.90 Å². The summed E-state index contributed by atoms with van der Waals surface area (Å²) in [5.74, 6) is 0.663. The maximum atomic E-state index is 12.1. The number of fused-ring (bicyclic) bond motifs is 1.